The van der Waals surface area contributed by atoms with Crippen molar-refractivity contribution in [1.82, 2.24) is 15.2 Å². The van der Waals surface area contributed by atoms with Crippen molar-refractivity contribution < 1.29 is 9.53 Å². The monoisotopic (exact) mass is 415 g/mol. The van der Waals surface area contributed by atoms with Crippen LogP contribution in [0.4, 0.5) is 0 Å². The number of ether oxygens (including phenoxy) is 1. The Morgan fingerprint density at radius 1 is 1.21 bits per heavy atom. The lowest BCUT2D eigenvalue weighted by molar-refractivity contribution is -0.120. The van der Waals surface area contributed by atoms with Crippen molar-refractivity contribution in [3.63, 3.8) is 0 Å². The van der Waals surface area contributed by atoms with E-state index in [4.69, 9.17) is 4.74 Å². The average molecular weight is 416 g/mol. The van der Waals surface area contributed by atoms with E-state index in [9.17, 15) is 4.79 Å². The second-order valence-electron chi connectivity index (χ2n) is 6.62. The maximum absolute atomic E-state index is 12.4. The van der Waals surface area contributed by atoms with Crippen LogP contribution in [0.1, 0.15) is 24.2 Å². The van der Waals surface area contributed by atoms with Crippen molar-refractivity contribution in [2.24, 2.45) is 0 Å². The van der Waals surface area contributed by atoms with Gasteiger partial charge in [-0.25, -0.2) is 4.98 Å². The number of hydrogen-bond donors (Lipinski definition) is 1. The minimum Gasteiger partial charge on any atom is -0.494 e. The largest absolute Gasteiger partial charge is 0.494 e. The standard InChI is InChI=1S/C21H25N3O2S2/c1-4-26-18-7-5-15(6-8-18)21-23-17(14-28-21)11-20(25)22-12-19(24(2)3)16-9-10-27-13-16/h5-10,13-14,19H,4,11-12H2,1-3H3,(H,22,25). The first-order valence-corrected chi connectivity index (χ1v) is 11.0. The lowest BCUT2D eigenvalue weighted by atomic mass is 10.1. The van der Waals surface area contributed by atoms with Gasteiger partial charge >= 0.3 is 0 Å². The van der Waals surface area contributed by atoms with Gasteiger partial charge in [-0.15, -0.1) is 11.3 Å². The molecule has 0 saturated heterocycles. The minimum absolute atomic E-state index is 0.00868. The molecule has 0 spiro atoms. The van der Waals surface area contributed by atoms with E-state index in [1.54, 1.807) is 22.7 Å². The van der Waals surface area contributed by atoms with Gasteiger partial charge in [0.15, 0.2) is 0 Å². The number of thiophene rings is 1. The summed E-state index contributed by atoms with van der Waals surface area (Å²) in [6, 6.07) is 10.2. The van der Waals surface area contributed by atoms with E-state index in [1.807, 2.05) is 50.7 Å². The number of nitrogens with zero attached hydrogens (tertiary/aromatic N) is 2. The highest BCUT2D eigenvalue weighted by Crippen LogP contribution is 2.26. The molecule has 2 heterocycles. The zero-order chi connectivity index (χ0) is 19.9. The van der Waals surface area contributed by atoms with E-state index in [1.165, 1.54) is 5.56 Å². The van der Waals surface area contributed by atoms with Crippen LogP contribution >= 0.6 is 22.7 Å². The molecule has 0 bridgehead atoms. The molecule has 3 aromatic rings. The van der Waals surface area contributed by atoms with E-state index in [2.05, 4.69) is 32.0 Å². The van der Waals surface area contributed by atoms with E-state index in [0.717, 1.165) is 22.0 Å². The Morgan fingerprint density at radius 2 is 2.00 bits per heavy atom. The number of benzene rings is 1. The molecule has 5 nitrogen and oxygen atoms in total. The van der Waals surface area contributed by atoms with Gasteiger partial charge in [-0.1, -0.05) is 0 Å². The fourth-order valence-corrected chi connectivity index (χ4v) is 4.41. The van der Waals surface area contributed by atoms with Crippen LogP contribution in [0.2, 0.25) is 0 Å². The number of carbonyl (C=O) groups excluding carboxylic acids is 1. The number of aromatic nitrogens is 1. The predicted molar refractivity (Wildman–Crippen MR) is 116 cm³/mol. The molecule has 1 unspecified atom stereocenters. The van der Waals surface area contributed by atoms with E-state index < -0.39 is 0 Å². The molecular formula is C21H25N3O2S2. The van der Waals surface area contributed by atoms with Gasteiger partial charge in [0.25, 0.3) is 0 Å². The SMILES string of the molecule is CCOc1ccc(-c2nc(CC(=O)NCC(c3ccsc3)N(C)C)cs2)cc1. The predicted octanol–water partition coefficient (Wildman–Crippen LogP) is 4.23. The van der Waals surface area contributed by atoms with Crippen LogP contribution in [0.25, 0.3) is 10.6 Å². The van der Waals surface area contributed by atoms with E-state index in [-0.39, 0.29) is 18.4 Å². The Hall–Kier alpha value is -2.22. The third-order valence-electron chi connectivity index (χ3n) is 4.35. The van der Waals surface area contributed by atoms with Crippen LogP contribution in [-0.4, -0.2) is 43.0 Å². The molecule has 0 radical (unpaired) electrons. The van der Waals surface area contributed by atoms with E-state index in [0.29, 0.717) is 13.2 Å². The second kappa shape index (κ2) is 9.82. The summed E-state index contributed by atoms with van der Waals surface area (Å²) in [5.74, 6) is 0.842. The van der Waals surface area contributed by atoms with Gasteiger partial charge in [-0.05, 0) is 67.7 Å². The van der Waals surface area contributed by atoms with Crippen molar-refractivity contribution in [3.05, 3.63) is 57.7 Å². The molecule has 0 fully saturated rings. The summed E-state index contributed by atoms with van der Waals surface area (Å²) >= 11 is 3.22. The van der Waals surface area contributed by atoms with Gasteiger partial charge in [0.05, 0.1) is 24.8 Å². The number of rotatable bonds is 9. The molecule has 1 amide bonds. The van der Waals surface area contributed by atoms with Gasteiger partial charge in [0, 0.05) is 17.5 Å². The van der Waals surface area contributed by atoms with Crippen LogP contribution in [-0.2, 0) is 11.2 Å². The molecule has 2 aromatic heterocycles. The van der Waals surface area contributed by atoms with Crippen molar-refractivity contribution >= 4 is 28.6 Å². The molecule has 148 valence electrons. The Bertz CT molecular complexity index is 873. The zero-order valence-corrected chi connectivity index (χ0v) is 18.0. The van der Waals surface area contributed by atoms with Gasteiger partial charge in [-0.3, -0.25) is 4.79 Å². The summed E-state index contributed by atoms with van der Waals surface area (Å²) in [5.41, 5.74) is 3.05. The number of hydrogen-bond acceptors (Lipinski definition) is 6. The summed E-state index contributed by atoms with van der Waals surface area (Å²) < 4.78 is 5.47. The molecule has 0 saturated carbocycles. The van der Waals surface area contributed by atoms with Gasteiger partial charge in [0.1, 0.15) is 10.8 Å². The first-order chi connectivity index (χ1) is 13.6. The molecule has 0 aliphatic heterocycles. The minimum atomic E-state index is -0.00868. The first kappa shape index (κ1) is 20.5. The Balaban J connectivity index is 1.56. The van der Waals surface area contributed by atoms with Crippen LogP contribution in [0, 0.1) is 0 Å². The number of carbonyl (C=O) groups is 1. The quantitative estimate of drug-likeness (QED) is 0.568. The first-order valence-electron chi connectivity index (χ1n) is 9.19. The van der Waals surface area contributed by atoms with Crippen molar-refractivity contribution in [2.75, 3.05) is 27.2 Å². The summed E-state index contributed by atoms with van der Waals surface area (Å²) in [6.45, 7) is 3.20. The fourth-order valence-electron chi connectivity index (χ4n) is 2.88. The highest BCUT2D eigenvalue weighted by atomic mass is 32.1. The molecule has 3 rings (SSSR count). The average Bonchev–Trinajstić information content (AvgIpc) is 3.35. The maximum atomic E-state index is 12.4. The normalized spacial score (nSPS) is 12.1. The van der Waals surface area contributed by atoms with Crippen molar-refractivity contribution in [1.29, 1.82) is 0 Å². The van der Waals surface area contributed by atoms with Crippen molar-refractivity contribution in [2.45, 2.75) is 19.4 Å². The number of thiazole rings is 1. The second-order valence-corrected chi connectivity index (χ2v) is 8.26. The number of nitrogens with one attached hydrogen (secondary N) is 1. The summed E-state index contributed by atoms with van der Waals surface area (Å²) in [5, 5.41) is 10.1. The molecule has 1 atom stereocenters. The molecule has 28 heavy (non-hydrogen) atoms. The number of likely N-dealkylation sites (N-methyl/N-ethyl adjacent to an activating group) is 1. The molecule has 0 aliphatic carbocycles. The topological polar surface area (TPSA) is 54.5 Å². The van der Waals surface area contributed by atoms with E-state index >= 15 is 0 Å². The summed E-state index contributed by atoms with van der Waals surface area (Å²) in [7, 11) is 4.05. The Labute approximate surface area is 174 Å². The number of amides is 1. The Morgan fingerprint density at radius 3 is 2.64 bits per heavy atom. The smallest absolute Gasteiger partial charge is 0.226 e. The molecule has 0 aliphatic rings. The van der Waals surface area contributed by atoms with Crippen LogP contribution in [0.5, 0.6) is 5.75 Å². The molecule has 1 N–H and O–H groups in total. The Kier molecular flexibility index (Phi) is 7.19. The van der Waals surface area contributed by atoms with Crippen LogP contribution < -0.4 is 10.1 Å². The van der Waals surface area contributed by atoms with Crippen LogP contribution in [0.15, 0.2) is 46.5 Å². The highest BCUT2D eigenvalue weighted by Gasteiger charge is 2.16. The lowest BCUT2D eigenvalue weighted by Gasteiger charge is -2.23. The molecule has 7 heteroatoms. The maximum Gasteiger partial charge on any atom is 0.226 e. The zero-order valence-electron chi connectivity index (χ0n) is 16.3. The summed E-state index contributed by atoms with van der Waals surface area (Å²) in [4.78, 5) is 19.1. The fraction of sp³-hybridized carbons (Fsp3) is 0.333. The van der Waals surface area contributed by atoms with Gasteiger partial charge in [0.2, 0.25) is 5.91 Å². The van der Waals surface area contributed by atoms with Crippen molar-refractivity contribution in [3.8, 4) is 16.3 Å². The van der Waals surface area contributed by atoms with Gasteiger partial charge in [-0.2, -0.15) is 11.3 Å². The van der Waals surface area contributed by atoms with Gasteiger partial charge < -0.3 is 15.0 Å². The highest BCUT2D eigenvalue weighted by molar-refractivity contribution is 7.13. The van der Waals surface area contributed by atoms with Crippen LogP contribution in [0.3, 0.4) is 0 Å². The lowest BCUT2D eigenvalue weighted by Crippen LogP contribution is -2.35. The summed E-state index contributed by atoms with van der Waals surface area (Å²) in [6.07, 6.45) is 0.289. The third-order valence-corrected chi connectivity index (χ3v) is 5.99. The molecular weight excluding hydrogens is 390 g/mol. The third kappa shape index (κ3) is 5.41. The molecule has 1 aromatic carbocycles.